The second-order valence-corrected chi connectivity index (χ2v) is 4.90. The molecule has 2 nitrogen and oxygen atoms in total. The van der Waals surface area contributed by atoms with Crippen LogP contribution < -0.4 is 0 Å². The number of likely N-dealkylation sites (N-methyl/N-ethyl adjacent to an activating group) is 1. The Balaban J connectivity index is 4.24. The highest BCUT2D eigenvalue weighted by Crippen LogP contribution is 2.17. The Labute approximate surface area is 82.9 Å². The summed E-state index contributed by atoms with van der Waals surface area (Å²) < 4.78 is 0. The fourth-order valence-electron chi connectivity index (χ4n) is 1.58. The van der Waals surface area contributed by atoms with Gasteiger partial charge in [0, 0.05) is 6.04 Å². The molecule has 0 aliphatic heterocycles. The third-order valence-corrected chi connectivity index (χ3v) is 2.45. The zero-order valence-corrected chi connectivity index (χ0v) is 9.91. The molecule has 0 bridgehead atoms. The van der Waals surface area contributed by atoms with Crippen LogP contribution >= 0.6 is 0 Å². The number of aliphatic hydroxyl groups excluding tert-OH is 1. The number of nitrogens with zero attached hydrogens (tertiary/aromatic N) is 1. The summed E-state index contributed by atoms with van der Waals surface area (Å²) >= 11 is 0. The molecule has 0 radical (unpaired) electrons. The van der Waals surface area contributed by atoms with E-state index in [0.717, 1.165) is 6.42 Å². The van der Waals surface area contributed by atoms with Crippen LogP contribution in [0.15, 0.2) is 0 Å². The molecule has 2 unspecified atom stereocenters. The van der Waals surface area contributed by atoms with Crippen LogP contribution in [0.25, 0.3) is 0 Å². The minimum atomic E-state index is -0.211. The van der Waals surface area contributed by atoms with Crippen molar-refractivity contribution >= 4 is 0 Å². The predicted octanol–water partition coefficient (Wildman–Crippen LogP) is 1.98. The molecule has 0 fully saturated rings. The lowest BCUT2D eigenvalue weighted by Crippen LogP contribution is -2.42. The average Bonchev–Trinajstić information content (AvgIpc) is 1.97. The van der Waals surface area contributed by atoms with E-state index in [0.29, 0.717) is 17.9 Å². The van der Waals surface area contributed by atoms with Crippen molar-refractivity contribution in [3.8, 4) is 0 Å². The van der Waals surface area contributed by atoms with Crippen LogP contribution in [0, 0.1) is 11.8 Å². The summed E-state index contributed by atoms with van der Waals surface area (Å²) in [5, 5.41) is 9.96. The third kappa shape index (κ3) is 4.63. The van der Waals surface area contributed by atoms with Crippen molar-refractivity contribution < 1.29 is 5.11 Å². The molecule has 0 saturated heterocycles. The van der Waals surface area contributed by atoms with Crippen LogP contribution in [-0.4, -0.2) is 36.2 Å². The second kappa shape index (κ2) is 5.61. The highest BCUT2D eigenvalue weighted by molar-refractivity contribution is 4.78. The van der Waals surface area contributed by atoms with Gasteiger partial charge in [0.05, 0.1) is 6.10 Å². The standard InChI is InChI=1S/C11H25NO/c1-8(2)7-10(12(5)6)11(13)9(3)4/h8-11,13H,7H2,1-6H3. The van der Waals surface area contributed by atoms with Crippen molar-refractivity contribution in [2.24, 2.45) is 11.8 Å². The first kappa shape index (κ1) is 12.9. The summed E-state index contributed by atoms with van der Waals surface area (Å²) in [7, 11) is 4.08. The van der Waals surface area contributed by atoms with Gasteiger partial charge in [-0.05, 0) is 32.4 Å². The molecule has 0 amide bonds. The van der Waals surface area contributed by atoms with Crippen LogP contribution in [-0.2, 0) is 0 Å². The Bertz CT molecular complexity index is 132. The van der Waals surface area contributed by atoms with Gasteiger partial charge in [-0.2, -0.15) is 0 Å². The number of hydrogen-bond acceptors (Lipinski definition) is 2. The van der Waals surface area contributed by atoms with E-state index in [9.17, 15) is 5.11 Å². The van der Waals surface area contributed by atoms with Crippen LogP contribution in [0.1, 0.15) is 34.1 Å². The van der Waals surface area contributed by atoms with Crippen LogP contribution in [0.4, 0.5) is 0 Å². The molecular weight excluding hydrogens is 162 g/mol. The molecule has 0 saturated carbocycles. The summed E-state index contributed by atoms with van der Waals surface area (Å²) in [5.74, 6) is 0.979. The molecule has 0 aliphatic rings. The van der Waals surface area contributed by atoms with Crippen LogP contribution in [0.5, 0.6) is 0 Å². The maximum atomic E-state index is 9.96. The number of aliphatic hydroxyl groups is 1. The quantitative estimate of drug-likeness (QED) is 0.711. The lowest BCUT2D eigenvalue weighted by molar-refractivity contribution is 0.0310. The number of hydrogen-bond donors (Lipinski definition) is 1. The topological polar surface area (TPSA) is 23.5 Å². The van der Waals surface area contributed by atoms with Gasteiger partial charge in [-0.25, -0.2) is 0 Å². The molecule has 0 aromatic rings. The predicted molar refractivity (Wildman–Crippen MR) is 57.8 cm³/mol. The van der Waals surface area contributed by atoms with Gasteiger partial charge in [0.15, 0.2) is 0 Å². The van der Waals surface area contributed by atoms with E-state index >= 15 is 0 Å². The SMILES string of the molecule is CC(C)CC(C(O)C(C)C)N(C)C. The summed E-state index contributed by atoms with van der Waals surface area (Å²) in [6, 6.07) is 0.292. The van der Waals surface area contributed by atoms with Gasteiger partial charge in [-0.1, -0.05) is 27.7 Å². The van der Waals surface area contributed by atoms with Crippen molar-refractivity contribution in [1.82, 2.24) is 4.90 Å². The molecule has 13 heavy (non-hydrogen) atoms. The Morgan fingerprint density at radius 2 is 1.54 bits per heavy atom. The molecule has 1 N–H and O–H groups in total. The van der Waals surface area contributed by atoms with Crippen molar-refractivity contribution in [2.45, 2.75) is 46.3 Å². The molecule has 0 heterocycles. The molecule has 0 aromatic carbocycles. The molecule has 0 aromatic heterocycles. The Morgan fingerprint density at radius 3 is 1.77 bits per heavy atom. The van der Waals surface area contributed by atoms with Gasteiger partial charge in [-0.15, -0.1) is 0 Å². The first-order valence-corrected chi connectivity index (χ1v) is 5.20. The van der Waals surface area contributed by atoms with Crippen molar-refractivity contribution in [3.63, 3.8) is 0 Å². The summed E-state index contributed by atoms with van der Waals surface area (Å²) in [5.41, 5.74) is 0. The summed E-state index contributed by atoms with van der Waals surface area (Å²) in [4.78, 5) is 2.13. The van der Waals surface area contributed by atoms with E-state index in [-0.39, 0.29) is 6.10 Å². The zero-order chi connectivity index (χ0) is 10.6. The Hall–Kier alpha value is -0.0800. The minimum absolute atomic E-state index is 0.211. The van der Waals surface area contributed by atoms with E-state index in [1.807, 2.05) is 14.1 Å². The van der Waals surface area contributed by atoms with E-state index in [4.69, 9.17) is 0 Å². The zero-order valence-electron chi connectivity index (χ0n) is 9.91. The molecule has 0 spiro atoms. The lowest BCUT2D eigenvalue weighted by Gasteiger charge is -2.32. The first-order valence-electron chi connectivity index (χ1n) is 5.20. The molecule has 2 atom stereocenters. The van der Waals surface area contributed by atoms with Gasteiger partial charge in [0.2, 0.25) is 0 Å². The van der Waals surface area contributed by atoms with Gasteiger partial charge in [0.25, 0.3) is 0 Å². The second-order valence-electron chi connectivity index (χ2n) is 4.90. The lowest BCUT2D eigenvalue weighted by atomic mass is 9.92. The third-order valence-electron chi connectivity index (χ3n) is 2.45. The van der Waals surface area contributed by atoms with Gasteiger partial charge >= 0.3 is 0 Å². The van der Waals surface area contributed by atoms with E-state index in [1.165, 1.54) is 0 Å². The Morgan fingerprint density at radius 1 is 1.08 bits per heavy atom. The van der Waals surface area contributed by atoms with Crippen molar-refractivity contribution in [1.29, 1.82) is 0 Å². The fourth-order valence-corrected chi connectivity index (χ4v) is 1.58. The highest BCUT2D eigenvalue weighted by Gasteiger charge is 2.24. The normalized spacial score (nSPS) is 17.1. The maximum absolute atomic E-state index is 9.96. The van der Waals surface area contributed by atoms with Gasteiger partial charge < -0.3 is 10.0 Å². The molecule has 2 heteroatoms. The Kier molecular flexibility index (Phi) is 5.57. The van der Waals surface area contributed by atoms with E-state index in [1.54, 1.807) is 0 Å². The number of rotatable bonds is 5. The largest absolute Gasteiger partial charge is 0.391 e. The molecule has 0 rings (SSSR count). The van der Waals surface area contributed by atoms with Crippen molar-refractivity contribution in [2.75, 3.05) is 14.1 Å². The van der Waals surface area contributed by atoms with Gasteiger partial charge in [-0.3, -0.25) is 0 Å². The van der Waals surface area contributed by atoms with Crippen molar-refractivity contribution in [3.05, 3.63) is 0 Å². The first-order chi connectivity index (χ1) is 5.86. The van der Waals surface area contributed by atoms with E-state index in [2.05, 4.69) is 32.6 Å². The summed E-state index contributed by atoms with van der Waals surface area (Å²) in [6.45, 7) is 8.54. The smallest absolute Gasteiger partial charge is 0.0718 e. The van der Waals surface area contributed by atoms with Crippen LogP contribution in [0.3, 0.4) is 0 Å². The molecular formula is C11H25NO. The fraction of sp³-hybridized carbons (Fsp3) is 1.00. The van der Waals surface area contributed by atoms with E-state index < -0.39 is 0 Å². The van der Waals surface area contributed by atoms with Crippen LogP contribution in [0.2, 0.25) is 0 Å². The average molecular weight is 187 g/mol. The molecule has 80 valence electrons. The highest BCUT2D eigenvalue weighted by atomic mass is 16.3. The maximum Gasteiger partial charge on any atom is 0.0718 e. The minimum Gasteiger partial charge on any atom is -0.391 e. The summed E-state index contributed by atoms with van der Waals surface area (Å²) in [6.07, 6.45) is 0.851. The molecule has 0 aliphatic carbocycles. The van der Waals surface area contributed by atoms with Gasteiger partial charge in [0.1, 0.15) is 0 Å². The monoisotopic (exact) mass is 187 g/mol.